The Morgan fingerprint density at radius 1 is 1.56 bits per heavy atom. The minimum Gasteiger partial charge on any atom is -0.449 e. The fourth-order valence-electron chi connectivity index (χ4n) is 1.62. The van der Waals surface area contributed by atoms with Crippen LogP contribution in [0, 0.1) is 5.92 Å². The van der Waals surface area contributed by atoms with E-state index in [0.717, 1.165) is 12.3 Å². The second kappa shape index (κ2) is 4.51. The highest BCUT2D eigenvalue weighted by molar-refractivity contribution is 6.05. The molecule has 2 amide bonds. The lowest BCUT2D eigenvalue weighted by atomic mass is 10.2. The highest BCUT2D eigenvalue weighted by atomic mass is 16.5. The second-order valence-electron chi connectivity index (χ2n) is 4.18. The lowest BCUT2D eigenvalue weighted by Gasteiger charge is -2.09. The summed E-state index contributed by atoms with van der Waals surface area (Å²) in [6.07, 6.45) is 2.42. The van der Waals surface area contributed by atoms with E-state index in [1.807, 2.05) is 0 Å². The number of ether oxygens (including phenoxy) is 1. The Kier molecular flexibility index (Phi) is 3.07. The molecule has 6 nitrogen and oxygen atoms in total. The Labute approximate surface area is 93.4 Å². The number of nitrogens with zero attached hydrogens (tertiary/aromatic N) is 2. The molecule has 0 saturated heterocycles. The van der Waals surface area contributed by atoms with Crippen molar-refractivity contribution in [3.63, 3.8) is 0 Å². The zero-order chi connectivity index (χ0) is 11.5. The van der Waals surface area contributed by atoms with Crippen LogP contribution in [0.15, 0.2) is 5.10 Å². The van der Waals surface area contributed by atoms with Gasteiger partial charge in [-0.25, -0.2) is 9.80 Å². The molecule has 1 fully saturated rings. The van der Waals surface area contributed by atoms with E-state index >= 15 is 0 Å². The number of carbonyl (C=O) groups excluding carboxylic acids is 2. The summed E-state index contributed by atoms with van der Waals surface area (Å²) in [5.74, 6) is 0.676. The molecule has 2 aliphatic rings. The topological polar surface area (TPSA) is 85.0 Å². The number of rotatable bonds is 5. The molecule has 0 atom stereocenters. The third-order valence-electron chi connectivity index (χ3n) is 2.67. The van der Waals surface area contributed by atoms with Gasteiger partial charge < -0.3 is 10.5 Å². The SMILES string of the molecule is NC(=O)OCCC1=NN(CC2CC2)C(=O)C1. The molecule has 88 valence electrons. The monoisotopic (exact) mass is 225 g/mol. The number of hydrazone groups is 1. The molecular weight excluding hydrogens is 210 g/mol. The van der Waals surface area contributed by atoms with Crippen molar-refractivity contribution in [2.24, 2.45) is 16.8 Å². The van der Waals surface area contributed by atoms with Crippen LogP contribution in [-0.2, 0) is 9.53 Å². The molecule has 0 aromatic carbocycles. The quantitative estimate of drug-likeness (QED) is 0.738. The Hall–Kier alpha value is -1.59. The fraction of sp³-hybridized carbons (Fsp3) is 0.700. The Morgan fingerprint density at radius 3 is 2.94 bits per heavy atom. The van der Waals surface area contributed by atoms with Crippen LogP contribution < -0.4 is 5.73 Å². The van der Waals surface area contributed by atoms with Gasteiger partial charge in [0.15, 0.2) is 0 Å². The number of hydrogen-bond acceptors (Lipinski definition) is 4. The van der Waals surface area contributed by atoms with Crippen LogP contribution in [-0.4, -0.2) is 35.9 Å². The number of nitrogens with two attached hydrogens (primary N) is 1. The molecule has 1 aliphatic carbocycles. The van der Waals surface area contributed by atoms with Gasteiger partial charge in [-0.15, -0.1) is 0 Å². The van der Waals surface area contributed by atoms with Crippen molar-refractivity contribution >= 4 is 17.7 Å². The van der Waals surface area contributed by atoms with Gasteiger partial charge in [0.05, 0.1) is 18.7 Å². The van der Waals surface area contributed by atoms with Crippen LogP contribution in [0.3, 0.4) is 0 Å². The summed E-state index contributed by atoms with van der Waals surface area (Å²) in [7, 11) is 0. The zero-order valence-electron chi connectivity index (χ0n) is 9.02. The molecule has 2 rings (SSSR count). The van der Waals surface area contributed by atoms with Gasteiger partial charge in [0, 0.05) is 13.0 Å². The van der Waals surface area contributed by atoms with Crippen molar-refractivity contribution in [1.29, 1.82) is 0 Å². The summed E-state index contributed by atoms with van der Waals surface area (Å²) >= 11 is 0. The van der Waals surface area contributed by atoms with E-state index in [9.17, 15) is 9.59 Å². The van der Waals surface area contributed by atoms with Crippen LogP contribution in [0.1, 0.15) is 25.7 Å². The highest BCUT2D eigenvalue weighted by Crippen LogP contribution is 2.30. The maximum absolute atomic E-state index is 11.5. The maximum Gasteiger partial charge on any atom is 0.404 e. The summed E-state index contributed by atoms with van der Waals surface area (Å²) in [6.45, 7) is 0.928. The van der Waals surface area contributed by atoms with Gasteiger partial charge in [0.25, 0.3) is 0 Å². The number of carbonyl (C=O) groups is 2. The molecule has 0 aromatic rings. The van der Waals surface area contributed by atoms with Crippen LogP contribution in [0.4, 0.5) is 4.79 Å². The van der Waals surface area contributed by atoms with E-state index in [1.165, 1.54) is 17.9 Å². The van der Waals surface area contributed by atoms with E-state index in [2.05, 4.69) is 9.84 Å². The van der Waals surface area contributed by atoms with Gasteiger partial charge >= 0.3 is 6.09 Å². The molecule has 1 aliphatic heterocycles. The van der Waals surface area contributed by atoms with E-state index in [-0.39, 0.29) is 12.5 Å². The average Bonchev–Trinajstić information content (AvgIpc) is 2.93. The van der Waals surface area contributed by atoms with E-state index < -0.39 is 6.09 Å². The van der Waals surface area contributed by atoms with Gasteiger partial charge in [0.2, 0.25) is 5.91 Å². The van der Waals surface area contributed by atoms with Crippen LogP contribution >= 0.6 is 0 Å². The first-order chi connectivity index (χ1) is 7.65. The molecule has 0 spiro atoms. The lowest BCUT2D eigenvalue weighted by Crippen LogP contribution is -2.22. The van der Waals surface area contributed by atoms with Crippen LogP contribution in [0.25, 0.3) is 0 Å². The fourth-order valence-corrected chi connectivity index (χ4v) is 1.62. The molecule has 2 N–H and O–H groups in total. The standard InChI is InChI=1S/C10H15N3O3/c11-10(15)16-4-3-8-5-9(14)13(12-8)6-7-1-2-7/h7H,1-6H2,(H2,11,15). The summed E-state index contributed by atoms with van der Waals surface area (Å²) in [5, 5.41) is 5.75. The van der Waals surface area contributed by atoms with Gasteiger partial charge in [0.1, 0.15) is 0 Å². The first-order valence-corrected chi connectivity index (χ1v) is 5.44. The molecule has 0 bridgehead atoms. The van der Waals surface area contributed by atoms with E-state index in [4.69, 9.17) is 5.73 Å². The minimum atomic E-state index is -0.792. The average molecular weight is 225 g/mol. The lowest BCUT2D eigenvalue weighted by molar-refractivity contribution is -0.128. The summed E-state index contributed by atoms with van der Waals surface area (Å²) in [5.41, 5.74) is 5.60. The third-order valence-corrected chi connectivity index (χ3v) is 2.67. The number of hydrogen-bond donors (Lipinski definition) is 1. The molecular formula is C10H15N3O3. The van der Waals surface area contributed by atoms with Crippen LogP contribution in [0.5, 0.6) is 0 Å². The first kappa shape index (κ1) is 10.9. The van der Waals surface area contributed by atoms with Crippen LogP contribution in [0.2, 0.25) is 0 Å². The van der Waals surface area contributed by atoms with Crippen molar-refractivity contribution in [2.75, 3.05) is 13.2 Å². The van der Waals surface area contributed by atoms with Crippen molar-refractivity contribution < 1.29 is 14.3 Å². The molecule has 1 heterocycles. The Balaban J connectivity index is 1.76. The smallest absolute Gasteiger partial charge is 0.404 e. The highest BCUT2D eigenvalue weighted by Gasteiger charge is 2.30. The predicted octanol–water partition coefficient (Wildman–Crippen LogP) is 0.470. The van der Waals surface area contributed by atoms with Gasteiger partial charge in [-0.3, -0.25) is 4.79 Å². The zero-order valence-corrected chi connectivity index (χ0v) is 9.02. The number of amides is 2. The number of primary amides is 1. The summed E-state index contributed by atoms with van der Waals surface area (Å²) < 4.78 is 4.60. The minimum absolute atomic E-state index is 0.0426. The Morgan fingerprint density at radius 2 is 2.31 bits per heavy atom. The maximum atomic E-state index is 11.5. The van der Waals surface area contributed by atoms with Crippen molar-refractivity contribution in [2.45, 2.75) is 25.7 Å². The Bertz CT molecular complexity index is 336. The third kappa shape index (κ3) is 2.95. The van der Waals surface area contributed by atoms with E-state index in [1.54, 1.807) is 0 Å². The molecule has 0 unspecified atom stereocenters. The normalized spacial score (nSPS) is 19.9. The molecule has 0 radical (unpaired) electrons. The van der Waals surface area contributed by atoms with Gasteiger partial charge in [-0.2, -0.15) is 5.10 Å². The van der Waals surface area contributed by atoms with Crippen molar-refractivity contribution in [1.82, 2.24) is 5.01 Å². The molecule has 16 heavy (non-hydrogen) atoms. The molecule has 1 saturated carbocycles. The second-order valence-corrected chi connectivity index (χ2v) is 4.18. The van der Waals surface area contributed by atoms with Crippen molar-refractivity contribution in [3.05, 3.63) is 0 Å². The van der Waals surface area contributed by atoms with Gasteiger partial charge in [-0.1, -0.05) is 0 Å². The molecule has 6 heteroatoms. The summed E-state index contributed by atoms with van der Waals surface area (Å²) in [4.78, 5) is 21.9. The molecule has 0 aromatic heterocycles. The van der Waals surface area contributed by atoms with Crippen molar-refractivity contribution in [3.8, 4) is 0 Å². The van der Waals surface area contributed by atoms with E-state index in [0.29, 0.717) is 18.8 Å². The largest absolute Gasteiger partial charge is 0.449 e. The first-order valence-electron chi connectivity index (χ1n) is 5.44. The van der Waals surface area contributed by atoms with Gasteiger partial charge in [-0.05, 0) is 18.8 Å². The predicted molar refractivity (Wildman–Crippen MR) is 56.6 cm³/mol. The summed E-state index contributed by atoms with van der Waals surface area (Å²) in [6, 6.07) is 0.